The van der Waals surface area contributed by atoms with Crippen LogP contribution in [0.5, 0.6) is 5.75 Å². The minimum Gasteiger partial charge on any atom is -0.496 e. The summed E-state index contributed by atoms with van der Waals surface area (Å²) < 4.78 is 52.2. The first-order chi connectivity index (χ1) is 16.4. The highest BCUT2D eigenvalue weighted by molar-refractivity contribution is 7.89. The number of para-hydroxylation sites is 1. The Balaban J connectivity index is 1.38. The number of ether oxygens (including phenoxy) is 2. The summed E-state index contributed by atoms with van der Waals surface area (Å²) in [5, 5.41) is 0. The third kappa shape index (κ3) is 5.34. The molecule has 0 atom stereocenters. The molecule has 2 aromatic carbocycles. The number of methoxy groups -OCH3 is 1. The van der Waals surface area contributed by atoms with Gasteiger partial charge < -0.3 is 19.3 Å². The van der Waals surface area contributed by atoms with Crippen molar-refractivity contribution in [3.8, 4) is 5.75 Å². The molecule has 10 heteroatoms. The monoisotopic (exact) mass is 491 g/mol. The zero-order chi connectivity index (χ0) is 24.1. The molecule has 2 saturated heterocycles. The van der Waals surface area contributed by atoms with Crippen LogP contribution in [0.4, 0.5) is 10.1 Å². The maximum Gasteiger partial charge on any atom is 0.243 e. The van der Waals surface area contributed by atoms with Crippen LogP contribution in [0.15, 0.2) is 47.4 Å². The summed E-state index contributed by atoms with van der Waals surface area (Å²) in [6.45, 7) is 3.53. The van der Waals surface area contributed by atoms with Gasteiger partial charge in [-0.2, -0.15) is 4.31 Å². The van der Waals surface area contributed by atoms with Crippen molar-refractivity contribution >= 4 is 21.6 Å². The van der Waals surface area contributed by atoms with Gasteiger partial charge in [0.15, 0.2) is 0 Å². The van der Waals surface area contributed by atoms with Crippen LogP contribution in [-0.2, 0) is 26.0 Å². The highest BCUT2D eigenvalue weighted by Crippen LogP contribution is 2.27. The van der Waals surface area contributed by atoms with Gasteiger partial charge in [-0.1, -0.05) is 12.1 Å². The molecule has 4 rings (SSSR count). The van der Waals surface area contributed by atoms with E-state index in [-0.39, 0.29) is 23.0 Å². The Morgan fingerprint density at radius 2 is 1.74 bits per heavy atom. The van der Waals surface area contributed by atoms with E-state index in [1.165, 1.54) is 23.5 Å². The van der Waals surface area contributed by atoms with E-state index in [0.717, 1.165) is 0 Å². The fraction of sp³-hybridized carbons (Fsp3) is 0.458. The number of hydrogen-bond acceptors (Lipinski definition) is 6. The van der Waals surface area contributed by atoms with Crippen molar-refractivity contribution in [2.24, 2.45) is 0 Å². The maximum atomic E-state index is 14.1. The highest BCUT2D eigenvalue weighted by Gasteiger charge is 2.27. The van der Waals surface area contributed by atoms with Gasteiger partial charge in [0.1, 0.15) is 11.6 Å². The average Bonchev–Trinajstić information content (AvgIpc) is 2.88. The topological polar surface area (TPSA) is 79.4 Å². The summed E-state index contributed by atoms with van der Waals surface area (Å²) in [6.07, 6.45) is 0.596. The lowest BCUT2D eigenvalue weighted by molar-refractivity contribution is -0.131. The number of hydrogen-bond donors (Lipinski definition) is 0. The van der Waals surface area contributed by atoms with Crippen molar-refractivity contribution in [3.05, 3.63) is 53.8 Å². The molecule has 1 amide bonds. The summed E-state index contributed by atoms with van der Waals surface area (Å²) in [6, 6.07) is 11.4. The molecule has 2 aliphatic rings. The number of aryl methyl sites for hydroxylation is 1. The normalized spacial score (nSPS) is 17.6. The van der Waals surface area contributed by atoms with Gasteiger partial charge in [0.2, 0.25) is 15.9 Å². The van der Waals surface area contributed by atoms with Crippen LogP contribution >= 0.6 is 0 Å². The number of piperazine rings is 1. The Labute approximate surface area is 199 Å². The molecule has 34 heavy (non-hydrogen) atoms. The number of amides is 1. The van der Waals surface area contributed by atoms with E-state index in [0.29, 0.717) is 75.9 Å². The highest BCUT2D eigenvalue weighted by atomic mass is 32.2. The molecule has 2 heterocycles. The van der Waals surface area contributed by atoms with Crippen molar-refractivity contribution in [2.75, 3.05) is 64.5 Å². The van der Waals surface area contributed by atoms with Crippen molar-refractivity contribution in [3.63, 3.8) is 0 Å². The van der Waals surface area contributed by atoms with Crippen LogP contribution in [-0.4, -0.2) is 83.1 Å². The van der Waals surface area contributed by atoms with Crippen LogP contribution in [0.3, 0.4) is 0 Å². The number of carbonyl (C=O) groups is 1. The Hall–Kier alpha value is -2.69. The quantitative estimate of drug-likeness (QED) is 0.591. The Morgan fingerprint density at radius 1 is 1.03 bits per heavy atom. The van der Waals surface area contributed by atoms with Gasteiger partial charge >= 0.3 is 0 Å². The number of benzene rings is 2. The van der Waals surface area contributed by atoms with Gasteiger partial charge in [0, 0.05) is 45.7 Å². The predicted octanol–water partition coefficient (Wildman–Crippen LogP) is 2.14. The lowest BCUT2D eigenvalue weighted by Crippen LogP contribution is -2.49. The van der Waals surface area contributed by atoms with E-state index in [2.05, 4.69) is 0 Å². The van der Waals surface area contributed by atoms with Gasteiger partial charge in [0.25, 0.3) is 0 Å². The van der Waals surface area contributed by atoms with Gasteiger partial charge in [-0.15, -0.1) is 0 Å². The first-order valence-electron chi connectivity index (χ1n) is 11.4. The van der Waals surface area contributed by atoms with Crippen LogP contribution < -0.4 is 9.64 Å². The summed E-state index contributed by atoms with van der Waals surface area (Å²) >= 11 is 0. The zero-order valence-corrected chi connectivity index (χ0v) is 20.1. The molecule has 2 fully saturated rings. The van der Waals surface area contributed by atoms with Gasteiger partial charge in [-0.05, 0) is 42.3 Å². The number of sulfonamides is 1. The lowest BCUT2D eigenvalue weighted by atomic mass is 10.1. The molecule has 8 nitrogen and oxygen atoms in total. The van der Waals surface area contributed by atoms with Gasteiger partial charge in [-0.25, -0.2) is 12.8 Å². The summed E-state index contributed by atoms with van der Waals surface area (Å²) in [5.41, 5.74) is 1.23. The zero-order valence-electron chi connectivity index (χ0n) is 19.3. The average molecular weight is 492 g/mol. The fourth-order valence-corrected chi connectivity index (χ4v) is 5.81. The number of halogens is 1. The lowest BCUT2D eigenvalue weighted by Gasteiger charge is -2.36. The Morgan fingerprint density at radius 3 is 2.41 bits per heavy atom. The molecule has 0 N–H and O–H groups in total. The van der Waals surface area contributed by atoms with Crippen LogP contribution in [0.1, 0.15) is 12.0 Å². The molecule has 0 saturated carbocycles. The van der Waals surface area contributed by atoms with E-state index in [9.17, 15) is 17.6 Å². The molecule has 0 radical (unpaired) electrons. The van der Waals surface area contributed by atoms with E-state index in [1.807, 2.05) is 4.90 Å². The second-order valence-electron chi connectivity index (χ2n) is 8.31. The first-order valence-corrected chi connectivity index (χ1v) is 12.9. The second-order valence-corrected chi connectivity index (χ2v) is 10.2. The summed E-state index contributed by atoms with van der Waals surface area (Å²) in [5.74, 6) is 0.274. The molecule has 0 spiro atoms. The van der Waals surface area contributed by atoms with E-state index >= 15 is 0 Å². The number of rotatable bonds is 7. The number of carbonyl (C=O) groups excluding carboxylic acids is 1. The minimum absolute atomic E-state index is 0.0170. The molecular formula is C24H30FN3O5S. The van der Waals surface area contributed by atoms with Crippen LogP contribution in [0.2, 0.25) is 0 Å². The summed E-state index contributed by atoms with van der Waals surface area (Å²) in [4.78, 5) is 16.8. The molecule has 0 bridgehead atoms. The van der Waals surface area contributed by atoms with E-state index in [4.69, 9.17) is 9.47 Å². The number of morpholine rings is 1. The SMILES string of the molecule is COc1ccc(S(=O)(=O)N2CCOCC2)cc1CCC(=O)N1CCN(c2ccccc2F)CC1. The van der Waals surface area contributed by atoms with Crippen molar-refractivity contribution in [1.82, 2.24) is 9.21 Å². The van der Waals surface area contributed by atoms with Crippen molar-refractivity contribution < 1.29 is 27.1 Å². The number of nitrogens with zero attached hydrogens (tertiary/aromatic N) is 3. The second kappa shape index (κ2) is 10.7. The van der Waals surface area contributed by atoms with Crippen molar-refractivity contribution in [1.29, 1.82) is 0 Å². The van der Waals surface area contributed by atoms with Crippen LogP contribution in [0.25, 0.3) is 0 Å². The van der Waals surface area contributed by atoms with Gasteiger partial charge in [0.05, 0.1) is 30.9 Å². The molecule has 0 aliphatic carbocycles. The minimum atomic E-state index is -3.64. The summed E-state index contributed by atoms with van der Waals surface area (Å²) in [7, 11) is -2.11. The van der Waals surface area contributed by atoms with Gasteiger partial charge in [-0.3, -0.25) is 4.79 Å². The Kier molecular flexibility index (Phi) is 7.70. The number of anilines is 1. The molecular weight excluding hydrogens is 461 g/mol. The Bertz CT molecular complexity index is 1110. The third-order valence-corrected chi connectivity index (χ3v) is 8.19. The third-order valence-electron chi connectivity index (χ3n) is 6.29. The molecule has 184 valence electrons. The molecule has 0 aromatic heterocycles. The van der Waals surface area contributed by atoms with E-state index in [1.54, 1.807) is 35.2 Å². The van der Waals surface area contributed by atoms with Crippen LogP contribution in [0, 0.1) is 5.82 Å². The molecule has 2 aliphatic heterocycles. The first kappa shape index (κ1) is 24.4. The fourth-order valence-electron chi connectivity index (χ4n) is 4.35. The largest absolute Gasteiger partial charge is 0.496 e. The van der Waals surface area contributed by atoms with E-state index < -0.39 is 10.0 Å². The smallest absolute Gasteiger partial charge is 0.243 e. The molecule has 0 unspecified atom stereocenters. The standard InChI is InChI=1S/C24H30FN3O5S/c1-32-23-8-7-20(34(30,31)28-14-16-33-17-15-28)18-19(23)6-9-24(29)27-12-10-26(11-13-27)22-5-3-2-4-21(22)25/h2-5,7-8,18H,6,9-17H2,1H3. The maximum absolute atomic E-state index is 14.1. The van der Waals surface area contributed by atoms with Crippen molar-refractivity contribution in [2.45, 2.75) is 17.7 Å². The predicted molar refractivity (Wildman–Crippen MR) is 126 cm³/mol. The molecule has 2 aromatic rings.